The number of nitrogens with zero attached hydrogens (tertiary/aromatic N) is 4. The van der Waals surface area contributed by atoms with E-state index in [1.165, 1.54) is 12.8 Å². The SMILES string of the molecule is CCOCCN1CCN(C(=O)c2cc3c(cc2C)[nH]c(=O)c2cnn(C4CCCC4)c23)CC1. The van der Waals surface area contributed by atoms with Gasteiger partial charge in [0, 0.05) is 50.3 Å². The van der Waals surface area contributed by atoms with Crippen molar-refractivity contribution in [2.24, 2.45) is 0 Å². The molecule has 1 aliphatic heterocycles. The van der Waals surface area contributed by atoms with Gasteiger partial charge in [-0.15, -0.1) is 0 Å². The van der Waals surface area contributed by atoms with Gasteiger partial charge in [-0.2, -0.15) is 5.10 Å². The molecule has 0 unspecified atom stereocenters. The molecular weight excluding hydrogens is 418 g/mol. The van der Waals surface area contributed by atoms with Crippen molar-refractivity contribution in [2.75, 3.05) is 45.9 Å². The van der Waals surface area contributed by atoms with Crippen LogP contribution in [0.1, 0.15) is 54.6 Å². The lowest BCUT2D eigenvalue weighted by molar-refractivity contribution is 0.0564. The standard InChI is InChI=1S/C25H33N5O3/c1-3-33-13-12-28-8-10-29(11-9-28)25(32)19-15-20-22(14-17(19)2)27-24(31)21-16-26-30(23(20)21)18-6-4-5-7-18/h14-16,18H,3-13H2,1-2H3,(H,27,31). The van der Waals surface area contributed by atoms with Crippen LogP contribution >= 0.6 is 0 Å². The number of aromatic nitrogens is 3. The highest BCUT2D eigenvalue weighted by molar-refractivity contribution is 6.07. The third-order valence-corrected chi connectivity index (χ3v) is 7.22. The van der Waals surface area contributed by atoms with Crippen LogP contribution in [0.3, 0.4) is 0 Å². The minimum Gasteiger partial charge on any atom is -0.380 e. The van der Waals surface area contributed by atoms with Gasteiger partial charge in [-0.05, 0) is 44.4 Å². The largest absolute Gasteiger partial charge is 0.380 e. The Kier molecular flexibility index (Phi) is 6.21. The maximum atomic E-state index is 13.5. The minimum atomic E-state index is -0.122. The fraction of sp³-hybridized carbons (Fsp3) is 0.560. The Morgan fingerprint density at radius 2 is 1.91 bits per heavy atom. The average Bonchev–Trinajstić information content (AvgIpc) is 3.49. The molecule has 1 saturated heterocycles. The molecule has 1 amide bonds. The number of hydrogen-bond acceptors (Lipinski definition) is 5. The third kappa shape index (κ3) is 4.17. The van der Waals surface area contributed by atoms with Crippen LogP contribution in [0.15, 0.2) is 23.1 Å². The normalized spacial score (nSPS) is 18.1. The first-order chi connectivity index (χ1) is 16.1. The number of rotatable bonds is 6. The second-order valence-electron chi connectivity index (χ2n) is 9.29. The molecule has 3 aromatic rings. The third-order valence-electron chi connectivity index (χ3n) is 7.22. The van der Waals surface area contributed by atoms with Crippen LogP contribution in [0, 0.1) is 6.92 Å². The molecule has 3 heterocycles. The van der Waals surface area contributed by atoms with Gasteiger partial charge < -0.3 is 14.6 Å². The molecule has 2 aliphatic rings. The van der Waals surface area contributed by atoms with Crippen LogP contribution in [0.4, 0.5) is 0 Å². The van der Waals surface area contributed by atoms with Gasteiger partial charge in [0.2, 0.25) is 0 Å². The molecule has 176 valence electrons. The highest BCUT2D eigenvalue weighted by Gasteiger charge is 2.25. The Bertz CT molecular complexity index is 1220. The number of aromatic amines is 1. The second-order valence-corrected chi connectivity index (χ2v) is 9.29. The Morgan fingerprint density at radius 3 is 2.64 bits per heavy atom. The average molecular weight is 452 g/mol. The van der Waals surface area contributed by atoms with Gasteiger partial charge in [-0.1, -0.05) is 12.8 Å². The summed E-state index contributed by atoms with van der Waals surface area (Å²) in [5.74, 6) is 0.0603. The number of fused-ring (bicyclic) bond motifs is 3. The molecule has 0 bridgehead atoms. The summed E-state index contributed by atoms with van der Waals surface area (Å²) in [7, 11) is 0. The van der Waals surface area contributed by atoms with Crippen molar-refractivity contribution in [2.45, 2.75) is 45.6 Å². The number of hydrogen-bond donors (Lipinski definition) is 1. The molecule has 0 spiro atoms. The predicted octanol–water partition coefficient (Wildman–Crippen LogP) is 3.10. The molecule has 1 aromatic carbocycles. The zero-order valence-corrected chi connectivity index (χ0v) is 19.6. The van der Waals surface area contributed by atoms with E-state index in [2.05, 4.69) is 15.0 Å². The molecule has 8 nitrogen and oxygen atoms in total. The number of pyridine rings is 1. The molecule has 0 atom stereocenters. The summed E-state index contributed by atoms with van der Waals surface area (Å²) in [4.78, 5) is 33.5. The van der Waals surface area contributed by atoms with Crippen molar-refractivity contribution in [3.63, 3.8) is 0 Å². The van der Waals surface area contributed by atoms with E-state index in [1.807, 2.05) is 35.6 Å². The number of nitrogens with one attached hydrogen (secondary N) is 1. The fourth-order valence-corrected chi connectivity index (χ4v) is 5.33. The smallest absolute Gasteiger partial charge is 0.259 e. The van der Waals surface area contributed by atoms with Gasteiger partial charge in [0.25, 0.3) is 11.5 Å². The van der Waals surface area contributed by atoms with Crippen molar-refractivity contribution in [3.8, 4) is 0 Å². The monoisotopic (exact) mass is 451 g/mol. The first-order valence-corrected chi connectivity index (χ1v) is 12.2. The number of amides is 1. The van der Waals surface area contributed by atoms with Gasteiger partial charge in [-0.25, -0.2) is 0 Å². The van der Waals surface area contributed by atoms with Crippen LogP contribution in [0.2, 0.25) is 0 Å². The lowest BCUT2D eigenvalue weighted by atomic mass is 10.0. The Balaban J connectivity index is 1.46. The van der Waals surface area contributed by atoms with E-state index < -0.39 is 0 Å². The van der Waals surface area contributed by atoms with Gasteiger partial charge in [-0.3, -0.25) is 19.2 Å². The zero-order valence-electron chi connectivity index (χ0n) is 19.6. The Hall–Kier alpha value is -2.71. The summed E-state index contributed by atoms with van der Waals surface area (Å²) in [5.41, 5.74) is 3.09. The number of carbonyl (C=O) groups is 1. The lowest BCUT2D eigenvalue weighted by Crippen LogP contribution is -2.49. The Morgan fingerprint density at radius 1 is 1.15 bits per heavy atom. The Labute approximate surface area is 193 Å². The molecule has 0 radical (unpaired) electrons. The second kappa shape index (κ2) is 9.27. The van der Waals surface area contributed by atoms with Crippen molar-refractivity contribution < 1.29 is 9.53 Å². The van der Waals surface area contributed by atoms with E-state index in [0.717, 1.165) is 67.7 Å². The molecule has 2 aromatic heterocycles. The molecule has 1 aliphatic carbocycles. The zero-order chi connectivity index (χ0) is 22.9. The molecular formula is C25H33N5O3. The summed E-state index contributed by atoms with van der Waals surface area (Å²) < 4.78 is 7.49. The number of aryl methyl sites for hydroxylation is 1. The van der Waals surface area contributed by atoms with Gasteiger partial charge in [0.05, 0.1) is 35.3 Å². The van der Waals surface area contributed by atoms with Crippen LogP contribution in [0.5, 0.6) is 0 Å². The van der Waals surface area contributed by atoms with Crippen molar-refractivity contribution in [1.29, 1.82) is 0 Å². The van der Waals surface area contributed by atoms with Crippen molar-refractivity contribution >= 4 is 27.7 Å². The quantitative estimate of drug-likeness (QED) is 0.583. The summed E-state index contributed by atoms with van der Waals surface area (Å²) in [6.45, 7) is 9.46. The van der Waals surface area contributed by atoms with E-state index in [1.54, 1.807) is 6.20 Å². The molecule has 2 fully saturated rings. The highest BCUT2D eigenvalue weighted by atomic mass is 16.5. The fourth-order valence-electron chi connectivity index (χ4n) is 5.33. The molecule has 1 saturated carbocycles. The van der Waals surface area contributed by atoms with E-state index in [4.69, 9.17) is 4.74 Å². The van der Waals surface area contributed by atoms with Crippen molar-refractivity contribution in [1.82, 2.24) is 24.6 Å². The molecule has 1 N–H and O–H groups in total. The molecule has 8 heteroatoms. The number of ether oxygens (including phenoxy) is 1. The van der Waals surface area contributed by atoms with E-state index in [9.17, 15) is 9.59 Å². The number of benzene rings is 1. The highest BCUT2D eigenvalue weighted by Crippen LogP contribution is 2.34. The van der Waals surface area contributed by atoms with E-state index >= 15 is 0 Å². The topological polar surface area (TPSA) is 83.5 Å². The predicted molar refractivity (Wildman–Crippen MR) is 129 cm³/mol. The minimum absolute atomic E-state index is 0.0603. The van der Waals surface area contributed by atoms with Gasteiger partial charge in [0.15, 0.2) is 0 Å². The summed E-state index contributed by atoms with van der Waals surface area (Å²) in [6, 6.07) is 4.23. The van der Waals surface area contributed by atoms with Crippen LogP contribution < -0.4 is 5.56 Å². The summed E-state index contributed by atoms with van der Waals surface area (Å²) in [6.07, 6.45) is 6.21. The lowest BCUT2D eigenvalue weighted by Gasteiger charge is -2.35. The maximum absolute atomic E-state index is 13.5. The number of H-pyrrole nitrogens is 1. The first-order valence-electron chi connectivity index (χ1n) is 12.2. The molecule has 33 heavy (non-hydrogen) atoms. The van der Waals surface area contributed by atoms with Crippen LogP contribution in [-0.4, -0.2) is 76.4 Å². The summed E-state index contributed by atoms with van der Waals surface area (Å²) >= 11 is 0. The van der Waals surface area contributed by atoms with Gasteiger partial charge in [0.1, 0.15) is 0 Å². The van der Waals surface area contributed by atoms with Crippen LogP contribution in [-0.2, 0) is 4.74 Å². The maximum Gasteiger partial charge on any atom is 0.259 e. The van der Waals surface area contributed by atoms with Gasteiger partial charge >= 0.3 is 0 Å². The summed E-state index contributed by atoms with van der Waals surface area (Å²) in [5, 5.41) is 6.10. The van der Waals surface area contributed by atoms with Crippen LogP contribution in [0.25, 0.3) is 21.8 Å². The number of carbonyl (C=O) groups excluding carboxylic acids is 1. The van der Waals surface area contributed by atoms with Crippen molar-refractivity contribution in [3.05, 3.63) is 39.8 Å². The molecule has 5 rings (SSSR count). The first kappa shape index (κ1) is 22.1. The van der Waals surface area contributed by atoms with E-state index in [0.29, 0.717) is 30.1 Å². The number of piperazine rings is 1. The van der Waals surface area contributed by atoms with E-state index in [-0.39, 0.29) is 11.5 Å².